The number of carbonyl (C=O) groups excluding carboxylic acids is 1. The Hall–Kier alpha value is -1.38. The van der Waals surface area contributed by atoms with Crippen molar-refractivity contribution in [3.05, 3.63) is 24.3 Å². The highest BCUT2D eigenvalue weighted by molar-refractivity contribution is 5.94. The fraction of sp³-hybridized carbons (Fsp3) is 0.684. The quantitative estimate of drug-likeness (QED) is 0.454. The molecule has 0 bridgehead atoms. The summed E-state index contributed by atoms with van der Waals surface area (Å²) in [5.74, 6) is 1.81. The number of carbonyl (C=O) groups is 1. The molecule has 2 saturated carbocycles. The van der Waals surface area contributed by atoms with E-state index in [-0.39, 0.29) is 5.91 Å². The maximum Gasteiger partial charge on any atom is 0.266 e. The maximum atomic E-state index is 11.8. The van der Waals surface area contributed by atoms with Crippen molar-refractivity contribution < 1.29 is 4.79 Å². The summed E-state index contributed by atoms with van der Waals surface area (Å²) in [7, 11) is 0. The molecular weight excluding hydrogens is 272 g/mol. The summed E-state index contributed by atoms with van der Waals surface area (Å²) >= 11 is 0. The van der Waals surface area contributed by atoms with Crippen LogP contribution in [0.4, 0.5) is 0 Å². The number of amides is 1. The lowest BCUT2D eigenvalue weighted by atomic mass is 9.81. The van der Waals surface area contributed by atoms with Crippen LogP contribution in [-0.2, 0) is 4.79 Å². The second-order valence-corrected chi connectivity index (χ2v) is 6.79. The van der Waals surface area contributed by atoms with Crippen molar-refractivity contribution in [1.29, 1.82) is 0 Å². The number of nitrogens with zero attached hydrogens (tertiary/aromatic N) is 1. The average Bonchev–Trinajstić information content (AvgIpc) is 3.00. The summed E-state index contributed by atoms with van der Waals surface area (Å²) in [4.78, 5) is 11.8. The average molecular weight is 302 g/mol. The van der Waals surface area contributed by atoms with E-state index in [1.165, 1.54) is 51.4 Å². The van der Waals surface area contributed by atoms with E-state index in [4.69, 9.17) is 0 Å². The molecular formula is C19H30N2O. The Morgan fingerprint density at radius 2 is 1.64 bits per heavy atom. The summed E-state index contributed by atoms with van der Waals surface area (Å²) in [5.41, 5.74) is 4.49. The predicted octanol–water partition coefficient (Wildman–Crippen LogP) is 4.75. The van der Waals surface area contributed by atoms with E-state index in [0.29, 0.717) is 5.57 Å². The minimum absolute atomic E-state index is 0.127. The predicted molar refractivity (Wildman–Crippen MR) is 92.7 cm³/mol. The highest BCUT2D eigenvalue weighted by Crippen LogP contribution is 2.37. The molecule has 2 fully saturated rings. The first-order valence-corrected chi connectivity index (χ1v) is 8.86. The van der Waals surface area contributed by atoms with Crippen LogP contribution in [0.1, 0.15) is 71.1 Å². The molecule has 0 aliphatic heterocycles. The van der Waals surface area contributed by atoms with Gasteiger partial charge in [0.2, 0.25) is 0 Å². The van der Waals surface area contributed by atoms with Crippen LogP contribution in [0, 0.1) is 11.8 Å². The molecule has 22 heavy (non-hydrogen) atoms. The summed E-state index contributed by atoms with van der Waals surface area (Å²) in [6.45, 7) is 5.38. The molecule has 0 heterocycles. The van der Waals surface area contributed by atoms with Crippen molar-refractivity contribution in [3.8, 4) is 0 Å². The van der Waals surface area contributed by atoms with Gasteiger partial charge in [-0.25, -0.2) is 5.43 Å². The molecule has 1 N–H and O–H groups in total. The molecule has 0 unspecified atom stereocenters. The van der Waals surface area contributed by atoms with Crippen molar-refractivity contribution in [2.24, 2.45) is 16.9 Å². The zero-order valence-corrected chi connectivity index (χ0v) is 13.9. The number of rotatable bonds is 4. The Balaban J connectivity index is 1.80. The normalized spacial score (nSPS) is 24.5. The summed E-state index contributed by atoms with van der Waals surface area (Å²) in [6, 6.07) is 0. The summed E-state index contributed by atoms with van der Waals surface area (Å²) in [6.07, 6.45) is 16.3. The van der Waals surface area contributed by atoms with Crippen molar-refractivity contribution in [3.63, 3.8) is 0 Å². The van der Waals surface area contributed by atoms with Crippen LogP contribution in [0.25, 0.3) is 0 Å². The van der Waals surface area contributed by atoms with Gasteiger partial charge < -0.3 is 0 Å². The molecule has 122 valence electrons. The van der Waals surface area contributed by atoms with Gasteiger partial charge in [0.1, 0.15) is 0 Å². The van der Waals surface area contributed by atoms with E-state index in [9.17, 15) is 4.79 Å². The molecule has 2 aliphatic carbocycles. The van der Waals surface area contributed by atoms with Gasteiger partial charge >= 0.3 is 0 Å². The first-order chi connectivity index (χ1) is 10.7. The molecule has 2 aliphatic rings. The number of hydrazone groups is 1. The molecule has 1 amide bonds. The second kappa shape index (κ2) is 8.92. The first kappa shape index (κ1) is 17.0. The molecule has 0 aromatic rings. The molecule has 0 aromatic heterocycles. The lowest BCUT2D eigenvalue weighted by Crippen LogP contribution is -2.22. The lowest BCUT2D eigenvalue weighted by Gasteiger charge is -2.25. The fourth-order valence-electron chi connectivity index (χ4n) is 3.89. The van der Waals surface area contributed by atoms with Crippen molar-refractivity contribution in [2.75, 3.05) is 0 Å². The topological polar surface area (TPSA) is 41.5 Å². The van der Waals surface area contributed by atoms with Gasteiger partial charge in [-0.05, 0) is 57.3 Å². The molecule has 0 radical (unpaired) electrons. The SMILES string of the molecule is C=C/C=C(\C)C(=O)NN=C1CCCC(C2CCCC2)CCC1. The number of hydrogen-bond acceptors (Lipinski definition) is 2. The Morgan fingerprint density at radius 1 is 1.09 bits per heavy atom. The lowest BCUT2D eigenvalue weighted by molar-refractivity contribution is -0.117. The zero-order valence-electron chi connectivity index (χ0n) is 13.9. The third-order valence-electron chi connectivity index (χ3n) is 5.19. The van der Waals surface area contributed by atoms with Gasteiger partial charge in [0.25, 0.3) is 5.91 Å². The fourth-order valence-corrected chi connectivity index (χ4v) is 3.89. The van der Waals surface area contributed by atoms with E-state index in [0.717, 1.165) is 30.4 Å². The minimum atomic E-state index is -0.127. The van der Waals surface area contributed by atoms with Crippen molar-refractivity contribution in [1.82, 2.24) is 5.43 Å². The number of allylic oxidation sites excluding steroid dienone is 2. The highest BCUT2D eigenvalue weighted by Gasteiger charge is 2.25. The van der Waals surface area contributed by atoms with Crippen LogP contribution in [0.5, 0.6) is 0 Å². The summed E-state index contributed by atoms with van der Waals surface area (Å²) < 4.78 is 0. The molecule has 0 spiro atoms. The van der Waals surface area contributed by atoms with Crippen LogP contribution in [-0.4, -0.2) is 11.6 Å². The second-order valence-electron chi connectivity index (χ2n) is 6.79. The van der Waals surface area contributed by atoms with Gasteiger partial charge in [-0.15, -0.1) is 0 Å². The van der Waals surface area contributed by atoms with Crippen LogP contribution in [0.2, 0.25) is 0 Å². The van der Waals surface area contributed by atoms with E-state index in [2.05, 4.69) is 17.1 Å². The third kappa shape index (κ3) is 5.11. The molecule has 0 saturated heterocycles. The van der Waals surface area contributed by atoms with E-state index in [1.807, 2.05) is 0 Å². The Morgan fingerprint density at radius 3 is 2.18 bits per heavy atom. The molecule has 3 nitrogen and oxygen atoms in total. The Kier molecular flexibility index (Phi) is 6.88. The van der Waals surface area contributed by atoms with E-state index >= 15 is 0 Å². The van der Waals surface area contributed by atoms with Crippen LogP contribution in [0.15, 0.2) is 29.4 Å². The number of hydrogen-bond donors (Lipinski definition) is 1. The highest BCUT2D eigenvalue weighted by atomic mass is 16.2. The molecule has 2 rings (SSSR count). The van der Waals surface area contributed by atoms with Crippen LogP contribution < -0.4 is 5.43 Å². The Bertz CT molecular complexity index is 432. The van der Waals surface area contributed by atoms with Crippen molar-refractivity contribution >= 4 is 11.6 Å². The zero-order chi connectivity index (χ0) is 15.8. The molecule has 0 aromatic carbocycles. The first-order valence-electron chi connectivity index (χ1n) is 8.86. The summed E-state index contributed by atoms with van der Waals surface area (Å²) in [5, 5.41) is 4.35. The van der Waals surface area contributed by atoms with Gasteiger partial charge in [0.05, 0.1) is 0 Å². The smallest absolute Gasteiger partial charge is 0.266 e. The monoisotopic (exact) mass is 302 g/mol. The van der Waals surface area contributed by atoms with Gasteiger partial charge in [-0.2, -0.15) is 5.10 Å². The van der Waals surface area contributed by atoms with Gasteiger partial charge in [0, 0.05) is 11.3 Å². The van der Waals surface area contributed by atoms with Gasteiger partial charge in [0.15, 0.2) is 0 Å². The van der Waals surface area contributed by atoms with E-state index in [1.54, 1.807) is 19.1 Å². The van der Waals surface area contributed by atoms with Crippen LogP contribution in [0.3, 0.4) is 0 Å². The van der Waals surface area contributed by atoms with E-state index < -0.39 is 0 Å². The largest absolute Gasteiger partial charge is 0.268 e. The van der Waals surface area contributed by atoms with Gasteiger partial charge in [-0.3, -0.25) is 4.79 Å². The minimum Gasteiger partial charge on any atom is -0.268 e. The van der Waals surface area contributed by atoms with Gasteiger partial charge in [-0.1, -0.05) is 44.4 Å². The van der Waals surface area contributed by atoms with Crippen LogP contribution >= 0.6 is 0 Å². The standard InChI is InChI=1S/C19H30N2O/c1-3-8-15(2)19(22)21-20-18-13-6-11-17(12-7-14-18)16-9-4-5-10-16/h3,8,16-17H,1,4-7,9-14H2,2H3,(H,21,22)/b15-8+,20-18?. The number of nitrogens with one attached hydrogen (secondary N) is 1. The van der Waals surface area contributed by atoms with Crippen molar-refractivity contribution in [2.45, 2.75) is 71.1 Å². The third-order valence-corrected chi connectivity index (χ3v) is 5.19. The molecule has 3 heteroatoms. The Labute approximate surface area is 134 Å². The maximum absolute atomic E-state index is 11.8. The molecule has 0 atom stereocenters.